The van der Waals surface area contributed by atoms with Crippen molar-refractivity contribution in [2.24, 2.45) is 0 Å². The fraction of sp³-hybridized carbons (Fsp3) is 0.250. The Bertz CT molecular complexity index is 760. The van der Waals surface area contributed by atoms with E-state index in [1.807, 2.05) is 0 Å². The molecule has 0 aliphatic carbocycles. The molecule has 9 heteroatoms. The summed E-state index contributed by atoms with van der Waals surface area (Å²) in [7, 11) is 1.46. The summed E-state index contributed by atoms with van der Waals surface area (Å²) < 4.78 is 59.2. The van der Waals surface area contributed by atoms with E-state index >= 15 is 0 Å². The fourth-order valence-corrected chi connectivity index (χ4v) is 2.18. The summed E-state index contributed by atoms with van der Waals surface area (Å²) in [6.45, 7) is 0.890. The van der Waals surface area contributed by atoms with Crippen LogP contribution >= 0.6 is 0 Å². The van der Waals surface area contributed by atoms with Crippen molar-refractivity contribution in [2.75, 3.05) is 30.4 Å². The lowest BCUT2D eigenvalue weighted by atomic mass is 10.2. The molecule has 0 bridgehead atoms. The first-order chi connectivity index (χ1) is 11.9. The normalized spacial score (nSPS) is 10.5. The fourth-order valence-electron chi connectivity index (χ4n) is 2.18. The van der Waals surface area contributed by atoms with Gasteiger partial charge in [0, 0.05) is 18.3 Å². The van der Waals surface area contributed by atoms with Crippen molar-refractivity contribution in [1.82, 2.24) is 4.98 Å². The number of hydrogen-bond donors (Lipinski definition) is 1. The van der Waals surface area contributed by atoms with Crippen LogP contribution in [0.15, 0.2) is 24.3 Å². The molecule has 2 rings (SSSR count). The van der Waals surface area contributed by atoms with Crippen molar-refractivity contribution in [3.05, 3.63) is 47.8 Å². The molecule has 2 aromatic rings. The quantitative estimate of drug-likeness (QED) is 0.638. The third-order valence-corrected chi connectivity index (χ3v) is 3.36. The summed E-state index contributed by atoms with van der Waals surface area (Å²) in [4.78, 5) is 15.5. The Kier molecular flexibility index (Phi) is 5.79. The molecule has 1 heterocycles. The molecule has 1 amide bonds. The summed E-state index contributed by atoms with van der Waals surface area (Å²) in [6.07, 6.45) is 0. The van der Waals surface area contributed by atoms with Gasteiger partial charge in [-0.3, -0.25) is 4.79 Å². The topological polar surface area (TPSA) is 54.5 Å². The largest absolute Gasteiger partial charge is 0.497 e. The Labute approximate surface area is 141 Å². The Balaban J connectivity index is 2.21. The number of pyridine rings is 1. The van der Waals surface area contributed by atoms with E-state index in [4.69, 9.17) is 4.74 Å². The molecule has 1 aromatic carbocycles. The number of nitrogens with one attached hydrogen (secondary N) is 1. The van der Waals surface area contributed by atoms with Crippen molar-refractivity contribution < 1.29 is 27.1 Å². The molecule has 0 unspecified atom stereocenters. The summed E-state index contributed by atoms with van der Waals surface area (Å²) in [6, 6.07) is 6.44. The number of aromatic nitrogens is 1. The van der Waals surface area contributed by atoms with Gasteiger partial charge in [0.1, 0.15) is 11.4 Å². The molecule has 0 spiro atoms. The van der Waals surface area contributed by atoms with E-state index in [0.29, 0.717) is 11.4 Å². The lowest BCUT2D eigenvalue weighted by Crippen LogP contribution is -2.35. The zero-order valence-corrected chi connectivity index (χ0v) is 13.4. The smallest absolute Gasteiger partial charge is 0.253 e. The second kappa shape index (κ2) is 7.82. The summed E-state index contributed by atoms with van der Waals surface area (Å²) in [5, 5.41) is 2.51. The molecule has 0 fully saturated rings. The molecular formula is C16H15F4N3O2. The third-order valence-electron chi connectivity index (χ3n) is 3.36. The molecule has 5 nitrogen and oxygen atoms in total. The van der Waals surface area contributed by atoms with E-state index in [0.717, 1.165) is 4.90 Å². The van der Waals surface area contributed by atoms with Crippen molar-refractivity contribution in [1.29, 1.82) is 0 Å². The first-order valence-corrected chi connectivity index (χ1v) is 7.26. The Morgan fingerprint density at radius 3 is 2.40 bits per heavy atom. The Morgan fingerprint density at radius 2 is 1.84 bits per heavy atom. The SMILES string of the molecule is CCN(CC(=O)Nc1cccc(OC)c1)c1c(F)c(F)nc(F)c1F. The van der Waals surface area contributed by atoms with Crippen LogP contribution in [-0.4, -0.2) is 31.1 Å². The molecule has 25 heavy (non-hydrogen) atoms. The maximum atomic E-state index is 13.8. The van der Waals surface area contributed by atoms with Gasteiger partial charge in [-0.25, -0.2) is 0 Å². The minimum atomic E-state index is -1.78. The van der Waals surface area contributed by atoms with Gasteiger partial charge in [-0.05, 0) is 19.1 Å². The van der Waals surface area contributed by atoms with Gasteiger partial charge < -0.3 is 15.0 Å². The minimum Gasteiger partial charge on any atom is -0.497 e. The molecule has 1 N–H and O–H groups in total. The Morgan fingerprint density at radius 1 is 1.20 bits per heavy atom. The van der Waals surface area contributed by atoms with E-state index in [2.05, 4.69) is 10.3 Å². The summed E-state index contributed by atoms with van der Waals surface area (Å²) >= 11 is 0. The molecule has 1 aromatic heterocycles. The number of rotatable bonds is 6. The van der Waals surface area contributed by atoms with Crippen LogP contribution in [0.25, 0.3) is 0 Å². The predicted molar refractivity (Wildman–Crippen MR) is 83.6 cm³/mol. The highest BCUT2D eigenvalue weighted by Crippen LogP contribution is 2.26. The van der Waals surface area contributed by atoms with Gasteiger partial charge in [-0.2, -0.15) is 22.5 Å². The van der Waals surface area contributed by atoms with Crippen LogP contribution in [0.3, 0.4) is 0 Å². The summed E-state index contributed by atoms with van der Waals surface area (Å²) in [5.41, 5.74) is -0.582. The molecule has 0 aliphatic heterocycles. The minimum absolute atomic E-state index is 0.0672. The number of nitrogens with zero attached hydrogens (tertiary/aromatic N) is 2. The number of halogens is 4. The van der Waals surface area contributed by atoms with E-state index < -0.39 is 41.7 Å². The molecular weight excluding hydrogens is 342 g/mol. The Hall–Kier alpha value is -2.84. The first-order valence-electron chi connectivity index (χ1n) is 7.26. The second-order valence-corrected chi connectivity index (χ2v) is 4.96. The predicted octanol–water partition coefficient (Wildman–Crippen LogP) is 3.11. The van der Waals surface area contributed by atoms with Crippen LogP contribution < -0.4 is 15.0 Å². The first kappa shape index (κ1) is 18.5. The van der Waals surface area contributed by atoms with Crippen molar-refractivity contribution in [3.63, 3.8) is 0 Å². The van der Waals surface area contributed by atoms with E-state index in [9.17, 15) is 22.4 Å². The third kappa shape index (κ3) is 4.17. The number of benzene rings is 1. The standard InChI is InChI=1S/C16H15F4N3O2/c1-3-23(14-12(17)15(19)22-16(20)13(14)18)8-11(24)21-9-5-4-6-10(7-9)25-2/h4-7H,3,8H2,1-2H3,(H,21,24). The van der Waals surface area contributed by atoms with Crippen LogP contribution in [0.5, 0.6) is 5.75 Å². The van der Waals surface area contributed by atoms with Gasteiger partial charge in [0.05, 0.1) is 13.7 Å². The number of likely N-dealkylation sites (N-methyl/N-ethyl adjacent to an activating group) is 1. The number of methoxy groups -OCH3 is 1. The highest BCUT2D eigenvalue weighted by atomic mass is 19.2. The lowest BCUT2D eigenvalue weighted by molar-refractivity contribution is -0.115. The average molecular weight is 357 g/mol. The van der Waals surface area contributed by atoms with Crippen molar-refractivity contribution in [3.8, 4) is 5.75 Å². The van der Waals surface area contributed by atoms with Gasteiger partial charge in [0.25, 0.3) is 11.9 Å². The monoisotopic (exact) mass is 357 g/mol. The van der Waals surface area contributed by atoms with Crippen LogP contribution in [0.2, 0.25) is 0 Å². The van der Waals surface area contributed by atoms with Crippen LogP contribution in [0.4, 0.5) is 28.9 Å². The number of carbonyl (C=O) groups excluding carboxylic acids is 1. The molecule has 0 saturated carbocycles. The van der Waals surface area contributed by atoms with E-state index in [-0.39, 0.29) is 6.54 Å². The van der Waals surface area contributed by atoms with E-state index in [1.165, 1.54) is 14.0 Å². The maximum Gasteiger partial charge on any atom is 0.253 e. The number of amides is 1. The van der Waals surface area contributed by atoms with Crippen LogP contribution in [-0.2, 0) is 4.79 Å². The number of anilines is 2. The number of carbonyl (C=O) groups is 1. The average Bonchev–Trinajstić information content (AvgIpc) is 2.59. The van der Waals surface area contributed by atoms with Crippen molar-refractivity contribution in [2.45, 2.75) is 6.92 Å². The van der Waals surface area contributed by atoms with Crippen LogP contribution in [0.1, 0.15) is 6.92 Å². The van der Waals surface area contributed by atoms with Crippen molar-refractivity contribution >= 4 is 17.3 Å². The molecule has 134 valence electrons. The van der Waals surface area contributed by atoms with Gasteiger partial charge in [0.2, 0.25) is 17.5 Å². The molecule has 0 atom stereocenters. The number of hydrogen-bond acceptors (Lipinski definition) is 4. The zero-order valence-electron chi connectivity index (χ0n) is 13.4. The van der Waals surface area contributed by atoms with E-state index in [1.54, 1.807) is 24.3 Å². The highest BCUT2D eigenvalue weighted by molar-refractivity contribution is 5.94. The summed E-state index contributed by atoms with van der Waals surface area (Å²) in [5.74, 6) is -7.00. The molecule has 0 radical (unpaired) electrons. The number of ether oxygens (including phenoxy) is 1. The molecule has 0 saturated heterocycles. The van der Waals surface area contributed by atoms with Gasteiger partial charge in [-0.15, -0.1) is 0 Å². The molecule has 0 aliphatic rings. The van der Waals surface area contributed by atoms with Gasteiger partial charge >= 0.3 is 0 Å². The maximum absolute atomic E-state index is 13.8. The zero-order chi connectivity index (χ0) is 18.6. The highest BCUT2D eigenvalue weighted by Gasteiger charge is 2.26. The van der Waals surface area contributed by atoms with Gasteiger partial charge in [0.15, 0.2) is 0 Å². The van der Waals surface area contributed by atoms with Crippen LogP contribution in [0, 0.1) is 23.5 Å². The van der Waals surface area contributed by atoms with Gasteiger partial charge in [-0.1, -0.05) is 6.07 Å². The lowest BCUT2D eigenvalue weighted by Gasteiger charge is -2.23. The second-order valence-electron chi connectivity index (χ2n) is 4.96.